The number of pyridine rings is 1. The number of aromatic nitrogens is 1. The summed E-state index contributed by atoms with van der Waals surface area (Å²) < 4.78 is 0. The van der Waals surface area contributed by atoms with Crippen molar-refractivity contribution >= 4 is 17.4 Å². The molecule has 0 saturated heterocycles. The first-order valence-electron chi connectivity index (χ1n) is 5.47. The van der Waals surface area contributed by atoms with Crippen LogP contribution in [0.2, 0.25) is 5.02 Å². The highest BCUT2D eigenvalue weighted by Crippen LogP contribution is 2.39. The van der Waals surface area contributed by atoms with Crippen molar-refractivity contribution in [3.8, 4) is 0 Å². The van der Waals surface area contributed by atoms with Crippen molar-refractivity contribution in [2.24, 2.45) is 5.41 Å². The van der Waals surface area contributed by atoms with E-state index in [1.165, 1.54) is 19.3 Å². The summed E-state index contributed by atoms with van der Waals surface area (Å²) >= 11 is 6.07. The van der Waals surface area contributed by atoms with Gasteiger partial charge >= 0.3 is 0 Å². The Kier molecular flexibility index (Phi) is 2.87. The lowest BCUT2D eigenvalue weighted by atomic mass is 9.87. The van der Waals surface area contributed by atoms with Gasteiger partial charge in [-0.15, -0.1) is 0 Å². The van der Waals surface area contributed by atoms with Crippen molar-refractivity contribution < 1.29 is 0 Å². The first-order chi connectivity index (χ1) is 7.09. The predicted molar refractivity (Wildman–Crippen MR) is 64.3 cm³/mol. The Balaban J connectivity index is 2.12. The monoisotopic (exact) mass is 224 g/mol. The summed E-state index contributed by atoms with van der Waals surface area (Å²) in [4.78, 5) is 4.26. The lowest BCUT2D eigenvalue weighted by Crippen LogP contribution is -2.31. The summed E-state index contributed by atoms with van der Waals surface area (Å²) in [5.41, 5.74) is 0.348. The average molecular weight is 225 g/mol. The largest absolute Gasteiger partial charge is 0.366 e. The van der Waals surface area contributed by atoms with E-state index >= 15 is 0 Å². The molecule has 1 heterocycles. The molecule has 1 N–H and O–H groups in total. The van der Waals surface area contributed by atoms with E-state index in [0.29, 0.717) is 16.5 Å². The maximum absolute atomic E-state index is 6.07. The Morgan fingerprint density at radius 2 is 2.33 bits per heavy atom. The minimum atomic E-state index is 0.348. The zero-order chi connectivity index (χ0) is 10.9. The SMILES string of the molecule is CC1(C)CCCC1Nc1ncccc1Cl. The van der Waals surface area contributed by atoms with Crippen molar-refractivity contribution in [2.75, 3.05) is 5.32 Å². The lowest BCUT2D eigenvalue weighted by molar-refractivity contribution is 0.349. The fourth-order valence-electron chi connectivity index (χ4n) is 2.25. The molecule has 1 saturated carbocycles. The minimum absolute atomic E-state index is 0.348. The molecule has 0 amide bonds. The van der Waals surface area contributed by atoms with Crippen molar-refractivity contribution in [3.05, 3.63) is 23.4 Å². The molecule has 0 radical (unpaired) electrons. The van der Waals surface area contributed by atoms with Gasteiger partial charge in [0.2, 0.25) is 0 Å². The second kappa shape index (κ2) is 4.01. The van der Waals surface area contributed by atoms with Crippen LogP contribution in [-0.4, -0.2) is 11.0 Å². The molecule has 0 bridgehead atoms. The van der Waals surface area contributed by atoms with Crippen molar-refractivity contribution in [2.45, 2.75) is 39.2 Å². The van der Waals surface area contributed by atoms with Gasteiger partial charge in [0.05, 0.1) is 5.02 Å². The molecule has 15 heavy (non-hydrogen) atoms. The summed E-state index contributed by atoms with van der Waals surface area (Å²) in [7, 11) is 0. The predicted octanol–water partition coefficient (Wildman–Crippen LogP) is 3.73. The number of hydrogen-bond acceptors (Lipinski definition) is 2. The van der Waals surface area contributed by atoms with Gasteiger partial charge in [-0.25, -0.2) is 4.98 Å². The van der Waals surface area contributed by atoms with E-state index in [1.54, 1.807) is 6.20 Å². The number of rotatable bonds is 2. The Bertz CT molecular complexity index is 349. The molecular weight excluding hydrogens is 208 g/mol. The number of nitrogens with zero attached hydrogens (tertiary/aromatic N) is 1. The normalized spacial score (nSPS) is 24.1. The third-order valence-corrected chi connectivity index (χ3v) is 3.63. The topological polar surface area (TPSA) is 24.9 Å². The molecular formula is C12H17ClN2. The molecule has 1 aliphatic carbocycles. The maximum atomic E-state index is 6.07. The Morgan fingerprint density at radius 3 is 2.93 bits per heavy atom. The number of nitrogens with one attached hydrogen (secondary N) is 1. The van der Waals surface area contributed by atoms with Crippen molar-refractivity contribution in [1.29, 1.82) is 0 Å². The van der Waals surface area contributed by atoms with Gasteiger partial charge in [-0.2, -0.15) is 0 Å². The first-order valence-corrected chi connectivity index (χ1v) is 5.84. The van der Waals surface area contributed by atoms with Crippen molar-refractivity contribution in [1.82, 2.24) is 4.98 Å². The van der Waals surface area contributed by atoms with E-state index in [1.807, 2.05) is 12.1 Å². The molecule has 3 heteroatoms. The Morgan fingerprint density at radius 1 is 1.53 bits per heavy atom. The molecule has 0 aliphatic heterocycles. The zero-order valence-corrected chi connectivity index (χ0v) is 10.0. The number of hydrogen-bond donors (Lipinski definition) is 1. The van der Waals surface area contributed by atoms with Gasteiger partial charge in [0.25, 0.3) is 0 Å². The summed E-state index contributed by atoms with van der Waals surface area (Å²) in [6.45, 7) is 4.60. The summed E-state index contributed by atoms with van der Waals surface area (Å²) in [6.07, 6.45) is 5.54. The van der Waals surface area contributed by atoms with E-state index in [4.69, 9.17) is 11.6 Å². The average Bonchev–Trinajstić information content (AvgIpc) is 2.50. The van der Waals surface area contributed by atoms with Crippen LogP contribution in [0.5, 0.6) is 0 Å². The van der Waals surface area contributed by atoms with Crippen molar-refractivity contribution in [3.63, 3.8) is 0 Å². The van der Waals surface area contributed by atoms with Crippen LogP contribution in [0.15, 0.2) is 18.3 Å². The fourth-order valence-corrected chi connectivity index (χ4v) is 2.43. The Hall–Kier alpha value is -0.760. The smallest absolute Gasteiger partial charge is 0.144 e. The van der Waals surface area contributed by atoms with E-state index in [0.717, 1.165) is 5.82 Å². The van der Waals surface area contributed by atoms with Gasteiger partial charge in [-0.05, 0) is 30.4 Å². The van der Waals surface area contributed by atoms with Gasteiger partial charge in [0.1, 0.15) is 5.82 Å². The highest BCUT2D eigenvalue weighted by molar-refractivity contribution is 6.32. The second-order valence-electron chi connectivity index (χ2n) is 4.91. The minimum Gasteiger partial charge on any atom is -0.366 e. The van der Waals surface area contributed by atoms with E-state index in [2.05, 4.69) is 24.1 Å². The van der Waals surface area contributed by atoms with Crippen LogP contribution in [-0.2, 0) is 0 Å². The quantitative estimate of drug-likeness (QED) is 0.828. The molecule has 2 nitrogen and oxygen atoms in total. The summed E-state index contributed by atoms with van der Waals surface area (Å²) in [5.74, 6) is 0.819. The molecule has 0 spiro atoms. The second-order valence-corrected chi connectivity index (χ2v) is 5.32. The molecule has 82 valence electrons. The highest BCUT2D eigenvalue weighted by Gasteiger charge is 2.34. The van der Waals surface area contributed by atoms with E-state index in [-0.39, 0.29) is 0 Å². The molecule has 1 aromatic heterocycles. The van der Waals surface area contributed by atoms with Crippen LogP contribution < -0.4 is 5.32 Å². The summed E-state index contributed by atoms with van der Waals surface area (Å²) in [5, 5.41) is 4.16. The van der Waals surface area contributed by atoms with Gasteiger partial charge in [-0.1, -0.05) is 31.9 Å². The standard InChI is InChI=1S/C12H17ClN2/c1-12(2)7-3-6-10(12)15-11-9(13)5-4-8-14-11/h4-5,8,10H,3,6-7H2,1-2H3,(H,14,15). The third kappa shape index (κ3) is 2.25. The fraction of sp³-hybridized carbons (Fsp3) is 0.583. The van der Waals surface area contributed by atoms with Gasteiger partial charge in [0, 0.05) is 12.2 Å². The number of halogens is 1. The first kappa shape index (κ1) is 10.7. The van der Waals surface area contributed by atoms with Crippen LogP contribution in [0.4, 0.5) is 5.82 Å². The highest BCUT2D eigenvalue weighted by atomic mass is 35.5. The molecule has 1 aliphatic rings. The van der Waals surface area contributed by atoms with Crippen LogP contribution >= 0.6 is 11.6 Å². The molecule has 1 atom stereocenters. The molecule has 2 rings (SSSR count). The molecule has 1 unspecified atom stereocenters. The van der Waals surface area contributed by atoms with Crippen LogP contribution in [0.1, 0.15) is 33.1 Å². The number of anilines is 1. The van der Waals surface area contributed by atoms with Crippen LogP contribution in [0.25, 0.3) is 0 Å². The van der Waals surface area contributed by atoms with E-state index < -0.39 is 0 Å². The maximum Gasteiger partial charge on any atom is 0.144 e. The summed E-state index contributed by atoms with van der Waals surface area (Å²) in [6, 6.07) is 4.22. The Labute approximate surface area is 96.1 Å². The van der Waals surface area contributed by atoms with Gasteiger partial charge in [0.15, 0.2) is 0 Å². The van der Waals surface area contributed by atoms with Gasteiger partial charge < -0.3 is 5.32 Å². The van der Waals surface area contributed by atoms with Crippen LogP contribution in [0, 0.1) is 5.41 Å². The van der Waals surface area contributed by atoms with E-state index in [9.17, 15) is 0 Å². The van der Waals surface area contributed by atoms with Crippen LogP contribution in [0.3, 0.4) is 0 Å². The third-order valence-electron chi connectivity index (χ3n) is 3.33. The molecule has 1 fully saturated rings. The lowest BCUT2D eigenvalue weighted by Gasteiger charge is -2.28. The van der Waals surface area contributed by atoms with Gasteiger partial charge in [-0.3, -0.25) is 0 Å². The zero-order valence-electron chi connectivity index (χ0n) is 9.26. The molecule has 0 aromatic carbocycles. The molecule has 1 aromatic rings.